The van der Waals surface area contributed by atoms with Crippen molar-refractivity contribution in [1.29, 1.82) is 0 Å². The molecule has 9 rings (SSSR count). The number of rotatable bonds is 9. The fraction of sp³-hybridized carbons (Fsp3) is 0.0588. The summed E-state index contributed by atoms with van der Waals surface area (Å²) >= 11 is 1.85. The molecule has 0 unspecified atom stereocenters. The summed E-state index contributed by atoms with van der Waals surface area (Å²) in [5, 5.41) is 2.54. The fourth-order valence-electron chi connectivity index (χ4n) is 8.32. The number of fused-ring (bicyclic) bond motifs is 6. The van der Waals surface area contributed by atoms with E-state index in [0.717, 1.165) is 34.6 Å². The van der Waals surface area contributed by atoms with Crippen LogP contribution >= 0.6 is 11.3 Å². The first-order valence-corrected chi connectivity index (χ1v) is 19.2. The summed E-state index contributed by atoms with van der Waals surface area (Å²) in [5.41, 5.74) is 12.4. The topological polar surface area (TPSA) is 3.24 Å². The van der Waals surface area contributed by atoms with Crippen LogP contribution in [0.3, 0.4) is 0 Å². The molecule has 2 heteroatoms. The van der Waals surface area contributed by atoms with Gasteiger partial charge in [0.05, 0.1) is 15.8 Å². The molecule has 1 aromatic heterocycles. The molecule has 1 aliphatic carbocycles. The monoisotopic (exact) mass is 697 g/mol. The molecule has 1 heterocycles. The minimum Gasteiger partial charge on any atom is -0.309 e. The molecule has 53 heavy (non-hydrogen) atoms. The Morgan fingerprint density at radius 1 is 0.623 bits per heavy atom. The summed E-state index contributed by atoms with van der Waals surface area (Å²) in [6, 6.07) is 64.2. The van der Waals surface area contributed by atoms with Crippen LogP contribution in [-0.4, -0.2) is 0 Å². The zero-order valence-electron chi connectivity index (χ0n) is 29.7. The molecule has 8 aromatic rings. The Bertz CT molecular complexity index is 2620. The molecular weight excluding hydrogens is 659 g/mol. The summed E-state index contributed by atoms with van der Waals surface area (Å²) in [6.45, 7) is 7.11. The first-order valence-electron chi connectivity index (χ1n) is 18.4. The smallest absolute Gasteiger partial charge is 0.0714 e. The predicted octanol–water partition coefficient (Wildman–Crippen LogP) is 14.1. The van der Waals surface area contributed by atoms with Gasteiger partial charge in [-0.05, 0) is 69.6 Å². The molecule has 0 saturated heterocycles. The maximum absolute atomic E-state index is 4.94. The highest BCUT2D eigenvalue weighted by Gasteiger charge is 2.46. The Balaban J connectivity index is 1.35. The van der Waals surface area contributed by atoms with E-state index < -0.39 is 5.41 Å². The van der Waals surface area contributed by atoms with Gasteiger partial charge in [0.25, 0.3) is 0 Å². The van der Waals surface area contributed by atoms with Crippen LogP contribution in [0.5, 0.6) is 0 Å². The third-order valence-corrected chi connectivity index (χ3v) is 11.8. The van der Waals surface area contributed by atoms with E-state index in [0.29, 0.717) is 0 Å². The molecule has 254 valence electrons. The van der Waals surface area contributed by atoms with Gasteiger partial charge in [-0.2, -0.15) is 0 Å². The zero-order chi connectivity index (χ0) is 35.8. The van der Waals surface area contributed by atoms with Crippen LogP contribution < -0.4 is 4.90 Å². The molecule has 0 N–H and O–H groups in total. The summed E-state index contributed by atoms with van der Waals surface area (Å²) < 4.78 is 2.52. The Labute approximate surface area is 316 Å². The molecule has 0 saturated carbocycles. The quantitative estimate of drug-likeness (QED) is 0.136. The largest absolute Gasteiger partial charge is 0.309 e. The van der Waals surface area contributed by atoms with Crippen molar-refractivity contribution in [2.24, 2.45) is 0 Å². The minimum atomic E-state index is -0.511. The van der Waals surface area contributed by atoms with Gasteiger partial charge in [-0.25, -0.2) is 0 Å². The summed E-state index contributed by atoms with van der Waals surface area (Å²) in [6.07, 6.45) is 7.55. The van der Waals surface area contributed by atoms with Crippen LogP contribution in [0.2, 0.25) is 0 Å². The first kappa shape index (κ1) is 32.7. The highest BCUT2D eigenvalue weighted by molar-refractivity contribution is 7.26. The lowest BCUT2D eigenvalue weighted by Crippen LogP contribution is -2.29. The van der Waals surface area contributed by atoms with E-state index in [9.17, 15) is 0 Å². The molecule has 1 aliphatic rings. The lowest BCUT2D eigenvalue weighted by Gasteiger charge is -2.35. The Morgan fingerprint density at radius 3 is 1.98 bits per heavy atom. The van der Waals surface area contributed by atoms with Crippen molar-refractivity contribution < 1.29 is 0 Å². The van der Waals surface area contributed by atoms with Gasteiger partial charge in [0.2, 0.25) is 0 Å². The van der Waals surface area contributed by atoms with Crippen molar-refractivity contribution in [3.8, 4) is 11.1 Å². The normalized spacial score (nSPS) is 13.3. The van der Waals surface area contributed by atoms with Gasteiger partial charge in [-0.1, -0.05) is 183 Å². The fourth-order valence-corrected chi connectivity index (χ4v) is 9.52. The van der Waals surface area contributed by atoms with E-state index in [-0.39, 0.29) is 0 Å². The molecule has 0 amide bonds. The van der Waals surface area contributed by atoms with Gasteiger partial charge >= 0.3 is 0 Å². The standard InChI is InChI=1S/C51H39NS/c1-3-4-8-26-41(37-20-9-5-10-21-37)36(2)52(48-31-19-29-45-44-28-16-18-32-49(44)53-50(45)48)40-33-34-43-42-27-15-17-30-46(42)51(47(43)35-40,38-22-11-6-12-23-38)39-24-13-7-14-25-39/h4-35H,2-3H2,1H3/b8-4-,41-26+. The van der Waals surface area contributed by atoms with Crippen LogP contribution in [0.4, 0.5) is 11.4 Å². The molecule has 7 aromatic carbocycles. The van der Waals surface area contributed by atoms with E-state index in [1.807, 2.05) is 11.3 Å². The Morgan fingerprint density at radius 2 is 1.25 bits per heavy atom. The Hall–Kier alpha value is -6.22. The number of anilines is 2. The second kappa shape index (κ2) is 13.7. The second-order valence-electron chi connectivity index (χ2n) is 13.6. The van der Waals surface area contributed by atoms with Gasteiger partial charge in [-0.3, -0.25) is 0 Å². The molecule has 0 spiro atoms. The first-order chi connectivity index (χ1) is 26.2. The van der Waals surface area contributed by atoms with Crippen LogP contribution in [0, 0.1) is 0 Å². The average Bonchev–Trinajstić information content (AvgIpc) is 3.75. The van der Waals surface area contributed by atoms with E-state index in [1.54, 1.807) is 0 Å². The van der Waals surface area contributed by atoms with Crippen molar-refractivity contribution >= 4 is 48.5 Å². The highest BCUT2D eigenvalue weighted by atomic mass is 32.1. The molecule has 0 bridgehead atoms. The number of benzene rings is 7. The zero-order valence-corrected chi connectivity index (χ0v) is 30.6. The number of nitrogens with zero attached hydrogens (tertiary/aromatic N) is 1. The lowest BCUT2D eigenvalue weighted by molar-refractivity contribution is 0.768. The van der Waals surface area contributed by atoms with Crippen LogP contribution in [-0.2, 0) is 5.41 Å². The Kier molecular flexibility index (Phi) is 8.46. The van der Waals surface area contributed by atoms with E-state index >= 15 is 0 Å². The van der Waals surface area contributed by atoms with Crippen LogP contribution in [0.1, 0.15) is 41.2 Å². The van der Waals surface area contributed by atoms with Gasteiger partial charge in [0.15, 0.2) is 0 Å². The van der Waals surface area contributed by atoms with Crippen LogP contribution in [0.15, 0.2) is 206 Å². The van der Waals surface area contributed by atoms with Crippen molar-refractivity contribution in [3.05, 3.63) is 234 Å². The van der Waals surface area contributed by atoms with Crippen molar-refractivity contribution in [1.82, 2.24) is 0 Å². The van der Waals surface area contributed by atoms with Crippen molar-refractivity contribution in [3.63, 3.8) is 0 Å². The molecule has 1 nitrogen and oxygen atoms in total. The number of hydrogen-bond acceptors (Lipinski definition) is 2. The second-order valence-corrected chi connectivity index (χ2v) is 14.6. The van der Waals surface area contributed by atoms with Crippen molar-refractivity contribution in [2.75, 3.05) is 4.90 Å². The number of hydrogen-bond donors (Lipinski definition) is 0. The molecule has 0 fully saturated rings. The number of allylic oxidation sites excluding steroid dienone is 4. The van der Waals surface area contributed by atoms with Crippen molar-refractivity contribution in [2.45, 2.75) is 18.8 Å². The van der Waals surface area contributed by atoms with E-state index in [1.165, 1.54) is 53.6 Å². The molecule has 0 radical (unpaired) electrons. The van der Waals surface area contributed by atoms with E-state index in [4.69, 9.17) is 6.58 Å². The highest BCUT2D eigenvalue weighted by Crippen LogP contribution is 2.57. The summed E-state index contributed by atoms with van der Waals surface area (Å²) in [4.78, 5) is 2.40. The molecule has 0 atom stereocenters. The van der Waals surface area contributed by atoms with Gasteiger partial charge < -0.3 is 4.90 Å². The van der Waals surface area contributed by atoms with E-state index in [2.05, 4.69) is 206 Å². The predicted molar refractivity (Wildman–Crippen MR) is 228 cm³/mol. The summed E-state index contributed by atoms with van der Waals surface area (Å²) in [7, 11) is 0. The number of thiophene rings is 1. The third kappa shape index (κ3) is 5.37. The third-order valence-electron chi connectivity index (χ3n) is 10.6. The molecular formula is C51H39NS. The van der Waals surface area contributed by atoms with Gasteiger partial charge in [0.1, 0.15) is 0 Å². The SMILES string of the molecule is C=C(/C(=C\C=C/CC)c1ccccc1)N(c1ccc2c(c1)C(c1ccccc1)(c1ccccc1)c1ccccc1-2)c1cccc2c1sc1ccccc12. The van der Waals surface area contributed by atoms with Gasteiger partial charge in [-0.15, -0.1) is 11.3 Å². The van der Waals surface area contributed by atoms with Gasteiger partial charge in [0, 0.05) is 32.4 Å². The lowest BCUT2D eigenvalue weighted by atomic mass is 9.67. The maximum Gasteiger partial charge on any atom is 0.0714 e. The minimum absolute atomic E-state index is 0.511. The average molecular weight is 698 g/mol. The summed E-state index contributed by atoms with van der Waals surface area (Å²) in [5.74, 6) is 0. The van der Waals surface area contributed by atoms with Crippen LogP contribution in [0.25, 0.3) is 36.9 Å². The maximum atomic E-state index is 4.94. The molecule has 0 aliphatic heterocycles.